The van der Waals surface area contributed by atoms with Crippen molar-refractivity contribution >= 4 is 45.0 Å². The zero-order valence-corrected chi connectivity index (χ0v) is 13.7. The summed E-state index contributed by atoms with van der Waals surface area (Å²) in [6.45, 7) is 2.12. The zero-order chi connectivity index (χ0) is 14.5. The zero-order valence-electron chi connectivity index (χ0n) is 11.3. The number of rotatable bonds is 5. The van der Waals surface area contributed by atoms with E-state index in [-0.39, 0.29) is 0 Å². The minimum Gasteiger partial charge on any atom is -0.340 e. The number of nitrogens with one attached hydrogen (secondary N) is 2. The monoisotopic (exact) mass is 353 g/mol. The van der Waals surface area contributed by atoms with Crippen LogP contribution in [-0.2, 0) is 6.42 Å². The molecule has 0 bridgehead atoms. The molecule has 20 heavy (non-hydrogen) atoms. The molecule has 0 aliphatic heterocycles. The highest BCUT2D eigenvalue weighted by Gasteiger charge is 2.06. The molecular weight excluding hydrogens is 338 g/mol. The van der Waals surface area contributed by atoms with Gasteiger partial charge in [0.1, 0.15) is 11.6 Å². The molecule has 2 aromatic rings. The molecule has 2 rings (SSSR count). The predicted octanol–water partition coefficient (Wildman–Crippen LogP) is 3.55. The molecule has 1 aromatic carbocycles. The fourth-order valence-corrected chi connectivity index (χ4v) is 2.56. The number of nitrogen functional groups attached to an aromatic ring is 1. The average Bonchev–Trinajstić information content (AvgIpc) is 2.48. The van der Waals surface area contributed by atoms with Crippen molar-refractivity contribution in [2.75, 3.05) is 17.0 Å². The number of thioether (sulfide) groups is 1. The van der Waals surface area contributed by atoms with Crippen LogP contribution in [0.15, 0.2) is 33.9 Å². The van der Waals surface area contributed by atoms with Crippen molar-refractivity contribution in [1.29, 1.82) is 0 Å². The highest BCUT2D eigenvalue weighted by atomic mass is 79.9. The summed E-state index contributed by atoms with van der Waals surface area (Å²) in [5.74, 6) is 6.73. The summed E-state index contributed by atoms with van der Waals surface area (Å²) >= 11 is 4.96. The van der Waals surface area contributed by atoms with E-state index in [4.69, 9.17) is 5.84 Å². The first kappa shape index (κ1) is 15.1. The van der Waals surface area contributed by atoms with Crippen LogP contribution in [0, 0.1) is 0 Å². The van der Waals surface area contributed by atoms with Gasteiger partial charge in [-0.15, -0.1) is 0 Å². The van der Waals surface area contributed by atoms with Gasteiger partial charge in [-0.05, 0) is 36.4 Å². The number of hydrogen-bond acceptors (Lipinski definition) is 6. The maximum absolute atomic E-state index is 5.43. The van der Waals surface area contributed by atoms with Crippen molar-refractivity contribution in [3.05, 3.63) is 34.3 Å². The molecule has 7 heteroatoms. The lowest BCUT2D eigenvalue weighted by Gasteiger charge is -2.12. The van der Waals surface area contributed by atoms with E-state index < -0.39 is 0 Å². The lowest BCUT2D eigenvalue weighted by molar-refractivity contribution is 0.970. The third-order valence-electron chi connectivity index (χ3n) is 2.75. The number of nitrogens with zero attached hydrogens (tertiary/aromatic N) is 2. The van der Waals surface area contributed by atoms with E-state index in [2.05, 4.69) is 49.6 Å². The molecule has 5 nitrogen and oxygen atoms in total. The molecule has 0 radical (unpaired) electrons. The van der Waals surface area contributed by atoms with Crippen molar-refractivity contribution in [2.45, 2.75) is 18.5 Å². The van der Waals surface area contributed by atoms with Gasteiger partial charge in [-0.2, -0.15) is 0 Å². The summed E-state index contributed by atoms with van der Waals surface area (Å²) in [4.78, 5) is 8.66. The molecule has 0 atom stereocenters. The number of benzene rings is 1. The van der Waals surface area contributed by atoms with Gasteiger partial charge in [0, 0.05) is 16.2 Å². The maximum atomic E-state index is 5.43. The molecule has 0 spiro atoms. The van der Waals surface area contributed by atoms with Gasteiger partial charge < -0.3 is 10.7 Å². The minimum atomic E-state index is 0.585. The summed E-state index contributed by atoms with van der Waals surface area (Å²) < 4.78 is 1.07. The highest BCUT2D eigenvalue weighted by Crippen LogP contribution is 2.26. The van der Waals surface area contributed by atoms with Crippen LogP contribution in [0.5, 0.6) is 0 Å². The molecule has 0 aliphatic rings. The van der Waals surface area contributed by atoms with Crippen molar-refractivity contribution in [2.24, 2.45) is 5.84 Å². The lowest BCUT2D eigenvalue weighted by Crippen LogP contribution is -2.10. The third-order valence-corrected chi connectivity index (χ3v) is 3.79. The van der Waals surface area contributed by atoms with E-state index in [9.17, 15) is 0 Å². The van der Waals surface area contributed by atoms with Crippen LogP contribution >= 0.6 is 27.7 Å². The van der Waals surface area contributed by atoms with Crippen LogP contribution in [0.1, 0.15) is 12.5 Å². The topological polar surface area (TPSA) is 75.9 Å². The van der Waals surface area contributed by atoms with Crippen LogP contribution in [0.2, 0.25) is 0 Å². The quantitative estimate of drug-likeness (QED) is 0.330. The molecule has 0 aliphatic carbocycles. The van der Waals surface area contributed by atoms with Gasteiger partial charge in [0.15, 0.2) is 5.16 Å². The molecule has 0 amide bonds. The molecule has 1 heterocycles. The summed E-state index contributed by atoms with van der Waals surface area (Å²) in [7, 11) is 0. The van der Waals surface area contributed by atoms with Gasteiger partial charge >= 0.3 is 0 Å². The Balaban J connectivity index is 2.34. The van der Waals surface area contributed by atoms with Gasteiger partial charge in [-0.3, -0.25) is 0 Å². The Morgan fingerprint density at radius 2 is 2.00 bits per heavy atom. The van der Waals surface area contributed by atoms with Crippen molar-refractivity contribution < 1.29 is 0 Å². The molecule has 4 N–H and O–H groups in total. The Morgan fingerprint density at radius 1 is 1.25 bits per heavy atom. The van der Waals surface area contributed by atoms with Crippen LogP contribution in [0.25, 0.3) is 0 Å². The number of aromatic nitrogens is 2. The Bertz CT molecular complexity index is 583. The van der Waals surface area contributed by atoms with E-state index in [1.54, 1.807) is 6.07 Å². The Morgan fingerprint density at radius 3 is 2.65 bits per heavy atom. The first-order valence-corrected chi connectivity index (χ1v) is 8.13. The number of hydrogen-bond donors (Lipinski definition) is 3. The number of anilines is 3. The first-order chi connectivity index (χ1) is 9.66. The van der Waals surface area contributed by atoms with Crippen LogP contribution in [-0.4, -0.2) is 16.2 Å². The predicted molar refractivity (Wildman–Crippen MR) is 88.4 cm³/mol. The molecular formula is C13H16BrN5S. The largest absolute Gasteiger partial charge is 0.340 e. The summed E-state index contributed by atoms with van der Waals surface area (Å²) in [5, 5.41) is 3.98. The second kappa shape index (κ2) is 6.92. The second-order valence-corrected chi connectivity index (χ2v) is 5.74. The summed E-state index contributed by atoms with van der Waals surface area (Å²) in [6.07, 6.45) is 2.86. The summed E-state index contributed by atoms with van der Waals surface area (Å²) in [6, 6.07) is 7.90. The number of hydrazine groups is 1. The minimum absolute atomic E-state index is 0.585. The molecule has 0 unspecified atom stereocenters. The highest BCUT2D eigenvalue weighted by molar-refractivity contribution is 9.10. The van der Waals surface area contributed by atoms with Crippen molar-refractivity contribution in [3.63, 3.8) is 0 Å². The smallest absolute Gasteiger partial charge is 0.191 e. The summed E-state index contributed by atoms with van der Waals surface area (Å²) in [5.41, 5.74) is 4.80. The molecule has 106 valence electrons. The average molecular weight is 354 g/mol. The van der Waals surface area contributed by atoms with E-state index in [1.807, 2.05) is 18.4 Å². The maximum Gasteiger partial charge on any atom is 0.191 e. The van der Waals surface area contributed by atoms with Gasteiger partial charge in [-0.25, -0.2) is 15.8 Å². The number of nitrogens with two attached hydrogens (primary N) is 1. The Hall–Kier alpha value is -1.31. The SMILES string of the molecule is CCc1cc(Br)ccc1Nc1cc(NN)nc(SC)n1. The number of halogens is 1. The third kappa shape index (κ3) is 3.62. The van der Waals surface area contributed by atoms with Crippen molar-refractivity contribution in [3.8, 4) is 0 Å². The van der Waals surface area contributed by atoms with E-state index in [1.165, 1.54) is 17.3 Å². The van der Waals surface area contributed by atoms with Gasteiger partial charge in [0.2, 0.25) is 0 Å². The van der Waals surface area contributed by atoms with E-state index >= 15 is 0 Å². The van der Waals surface area contributed by atoms with E-state index in [0.717, 1.165) is 16.6 Å². The van der Waals surface area contributed by atoms with Crippen LogP contribution in [0.3, 0.4) is 0 Å². The van der Waals surface area contributed by atoms with E-state index in [0.29, 0.717) is 16.8 Å². The standard InChI is InChI=1S/C13H16BrN5S/c1-3-8-6-9(14)4-5-10(8)16-11-7-12(19-15)18-13(17-11)20-2/h4-7H,3,15H2,1-2H3,(H2,16,17,18,19). The molecule has 0 fully saturated rings. The van der Waals surface area contributed by atoms with Gasteiger partial charge in [0.25, 0.3) is 0 Å². The second-order valence-electron chi connectivity index (χ2n) is 4.05. The van der Waals surface area contributed by atoms with Crippen molar-refractivity contribution in [1.82, 2.24) is 9.97 Å². The molecule has 0 saturated heterocycles. The van der Waals surface area contributed by atoms with Crippen LogP contribution in [0.4, 0.5) is 17.3 Å². The molecule has 0 saturated carbocycles. The Labute approximate surface area is 130 Å². The molecule has 1 aromatic heterocycles. The first-order valence-electron chi connectivity index (χ1n) is 6.11. The van der Waals surface area contributed by atoms with Gasteiger partial charge in [-0.1, -0.05) is 34.6 Å². The normalized spacial score (nSPS) is 10.4. The Kier molecular flexibility index (Phi) is 5.22. The lowest BCUT2D eigenvalue weighted by atomic mass is 10.1. The van der Waals surface area contributed by atoms with Crippen LogP contribution < -0.4 is 16.6 Å². The number of aryl methyl sites for hydroxylation is 1. The fourth-order valence-electron chi connectivity index (χ4n) is 1.77. The van der Waals surface area contributed by atoms with Gasteiger partial charge in [0.05, 0.1) is 0 Å². The fraction of sp³-hybridized carbons (Fsp3) is 0.231.